The molecule has 0 saturated carbocycles. The van der Waals surface area contributed by atoms with Crippen molar-refractivity contribution in [3.8, 4) is 0 Å². The summed E-state index contributed by atoms with van der Waals surface area (Å²) in [5.41, 5.74) is 0. The van der Waals surface area contributed by atoms with Gasteiger partial charge in [0.05, 0.1) is 6.61 Å². The van der Waals surface area contributed by atoms with E-state index in [0.29, 0.717) is 26.2 Å². The molecule has 6 nitrogen and oxygen atoms in total. The van der Waals surface area contributed by atoms with Gasteiger partial charge in [-0.1, -0.05) is 6.92 Å². The maximum Gasteiger partial charge on any atom is 0.317 e. The third-order valence-electron chi connectivity index (χ3n) is 2.36. The van der Waals surface area contributed by atoms with Gasteiger partial charge in [-0.05, 0) is 12.8 Å². The summed E-state index contributed by atoms with van der Waals surface area (Å²) in [6.45, 7) is 5.67. The van der Waals surface area contributed by atoms with E-state index in [1.54, 1.807) is 18.9 Å². The third-order valence-corrected chi connectivity index (χ3v) is 2.36. The molecule has 0 aliphatic heterocycles. The number of hydrogen-bond acceptors (Lipinski definition) is 3. The molecular formula is C11H22N2O4. The average molecular weight is 246 g/mol. The Labute approximate surface area is 102 Å². The summed E-state index contributed by atoms with van der Waals surface area (Å²) in [4.78, 5) is 23.8. The lowest BCUT2D eigenvalue weighted by molar-refractivity contribution is -0.137. The second-order valence-corrected chi connectivity index (χ2v) is 3.96. The lowest BCUT2D eigenvalue weighted by Gasteiger charge is -2.21. The SMILES string of the molecule is CCN(CCOC)C(=O)NCC(C)CC(=O)O. The molecule has 1 atom stereocenters. The molecule has 0 fully saturated rings. The summed E-state index contributed by atoms with van der Waals surface area (Å²) in [6, 6.07) is -0.179. The maximum absolute atomic E-state index is 11.7. The van der Waals surface area contributed by atoms with Crippen LogP contribution in [0.2, 0.25) is 0 Å². The molecular weight excluding hydrogens is 224 g/mol. The zero-order chi connectivity index (χ0) is 13.3. The van der Waals surface area contributed by atoms with Gasteiger partial charge in [0.2, 0.25) is 0 Å². The minimum Gasteiger partial charge on any atom is -0.481 e. The van der Waals surface area contributed by atoms with Gasteiger partial charge in [0.1, 0.15) is 0 Å². The number of urea groups is 1. The maximum atomic E-state index is 11.7. The van der Waals surface area contributed by atoms with Crippen LogP contribution in [-0.2, 0) is 9.53 Å². The van der Waals surface area contributed by atoms with E-state index >= 15 is 0 Å². The summed E-state index contributed by atoms with van der Waals surface area (Å²) < 4.78 is 4.90. The third kappa shape index (κ3) is 7.57. The van der Waals surface area contributed by atoms with E-state index in [9.17, 15) is 9.59 Å². The van der Waals surface area contributed by atoms with Crippen LogP contribution in [0, 0.1) is 5.92 Å². The molecule has 2 N–H and O–H groups in total. The van der Waals surface area contributed by atoms with Crippen molar-refractivity contribution in [2.45, 2.75) is 20.3 Å². The molecule has 0 spiro atoms. The van der Waals surface area contributed by atoms with Gasteiger partial charge in [-0.25, -0.2) is 4.79 Å². The first-order valence-electron chi connectivity index (χ1n) is 5.74. The van der Waals surface area contributed by atoms with E-state index in [-0.39, 0.29) is 18.4 Å². The second kappa shape index (κ2) is 8.81. The number of carboxylic acids is 1. The molecule has 1 unspecified atom stereocenters. The molecule has 0 aromatic heterocycles. The number of carbonyl (C=O) groups is 2. The van der Waals surface area contributed by atoms with Crippen LogP contribution in [0.1, 0.15) is 20.3 Å². The highest BCUT2D eigenvalue weighted by atomic mass is 16.5. The van der Waals surface area contributed by atoms with Gasteiger partial charge in [-0.2, -0.15) is 0 Å². The molecule has 6 heteroatoms. The Morgan fingerprint density at radius 3 is 2.59 bits per heavy atom. The van der Waals surface area contributed by atoms with Crippen LogP contribution >= 0.6 is 0 Å². The molecule has 0 radical (unpaired) electrons. The molecule has 0 aliphatic carbocycles. The Bertz CT molecular complexity index is 246. The fourth-order valence-corrected chi connectivity index (χ4v) is 1.35. The van der Waals surface area contributed by atoms with Crippen molar-refractivity contribution in [1.82, 2.24) is 10.2 Å². The van der Waals surface area contributed by atoms with Crippen LogP contribution in [0.3, 0.4) is 0 Å². The van der Waals surface area contributed by atoms with Crippen LogP contribution in [0.4, 0.5) is 4.79 Å². The number of nitrogens with zero attached hydrogens (tertiary/aromatic N) is 1. The number of carboxylic acid groups (broad SMARTS) is 1. The number of ether oxygens (including phenoxy) is 1. The number of nitrogens with one attached hydrogen (secondary N) is 1. The van der Waals surface area contributed by atoms with Gasteiger partial charge >= 0.3 is 12.0 Å². The van der Waals surface area contributed by atoms with Gasteiger partial charge in [0.15, 0.2) is 0 Å². The number of likely N-dealkylation sites (N-methyl/N-ethyl adjacent to an activating group) is 1. The largest absolute Gasteiger partial charge is 0.481 e. The molecule has 0 aliphatic rings. The lowest BCUT2D eigenvalue weighted by Crippen LogP contribution is -2.43. The smallest absolute Gasteiger partial charge is 0.317 e. The fourth-order valence-electron chi connectivity index (χ4n) is 1.35. The van der Waals surface area contributed by atoms with Crippen LogP contribution in [-0.4, -0.2) is 55.4 Å². The van der Waals surface area contributed by atoms with Gasteiger partial charge in [-0.15, -0.1) is 0 Å². The zero-order valence-electron chi connectivity index (χ0n) is 10.7. The first kappa shape index (κ1) is 15.7. The van der Waals surface area contributed by atoms with Gasteiger partial charge in [0, 0.05) is 33.2 Å². The second-order valence-electron chi connectivity index (χ2n) is 3.96. The summed E-state index contributed by atoms with van der Waals surface area (Å²) in [5, 5.41) is 11.3. The van der Waals surface area contributed by atoms with E-state index < -0.39 is 5.97 Å². The standard InChI is InChI=1S/C11H22N2O4/c1-4-13(5-6-17-3)11(16)12-8-9(2)7-10(14)15/h9H,4-8H2,1-3H3,(H,12,16)(H,14,15). The quantitative estimate of drug-likeness (QED) is 0.663. The molecule has 0 rings (SSSR count). The predicted molar refractivity (Wildman–Crippen MR) is 63.9 cm³/mol. The molecule has 17 heavy (non-hydrogen) atoms. The normalized spacial score (nSPS) is 11.9. The Morgan fingerprint density at radius 1 is 1.47 bits per heavy atom. The number of hydrogen-bond donors (Lipinski definition) is 2. The van der Waals surface area contributed by atoms with Crippen molar-refractivity contribution >= 4 is 12.0 Å². The molecule has 0 aromatic carbocycles. The van der Waals surface area contributed by atoms with Crippen molar-refractivity contribution in [3.63, 3.8) is 0 Å². The first-order valence-corrected chi connectivity index (χ1v) is 5.74. The van der Waals surface area contributed by atoms with Crippen LogP contribution in [0.25, 0.3) is 0 Å². The Kier molecular flexibility index (Phi) is 8.13. The average Bonchev–Trinajstić information content (AvgIpc) is 2.26. The summed E-state index contributed by atoms with van der Waals surface area (Å²) in [6.07, 6.45) is 0.0600. The van der Waals surface area contributed by atoms with Crippen molar-refractivity contribution in [2.24, 2.45) is 5.92 Å². The molecule has 100 valence electrons. The number of methoxy groups -OCH3 is 1. The topological polar surface area (TPSA) is 78.9 Å². The van der Waals surface area contributed by atoms with Gasteiger partial charge in [0.25, 0.3) is 0 Å². The molecule has 2 amide bonds. The minimum absolute atomic E-state index is 0.0600. The van der Waals surface area contributed by atoms with E-state index in [0.717, 1.165) is 0 Å². The molecule has 0 saturated heterocycles. The lowest BCUT2D eigenvalue weighted by atomic mass is 10.1. The Morgan fingerprint density at radius 2 is 2.12 bits per heavy atom. The minimum atomic E-state index is -0.849. The molecule has 0 aromatic rings. The zero-order valence-corrected chi connectivity index (χ0v) is 10.7. The number of rotatable bonds is 8. The predicted octanol–water partition coefficient (Wildman–Crippen LogP) is 0.775. The number of aliphatic carboxylic acids is 1. The summed E-state index contributed by atoms with van der Waals surface area (Å²) in [7, 11) is 1.58. The number of amides is 2. The van der Waals surface area contributed by atoms with Crippen molar-refractivity contribution in [2.75, 3.05) is 33.4 Å². The molecule has 0 heterocycles. The first-order chi connectivity index (χ1) is 8.01. The fraction of sp³-hybridized carbons (Fsp3) is 0.818. The van der Waals surface area contributed by atoms with E-state index in [1.165, 1.54) is 0 Å². The van der Waals surface area contributed by atoms with Gasteiger partial charge in [-0.3, -0.25) is 4.79 Å². The van der Waals surface area contributed by atoms with Crippen LogP contribution in [0.15, 0.2) is 0 Å². The number of carbonyl (C=O) groups excluding carboxylic acids is 1. The van der Waals surface area contributed by atoms with Crippen LogP contribution < -0.4 is 5.32 Å². The van der Waals surface area contributed by atoms with Crippen molar-refractivity contribution < 1.29 is 19.4 Å². The Balaban J connectivity index is 3.92. The highest BCUT2D eigenvalue weighted by molar-refractivity contribution is 5.74. The summed E-state index contributed by atoms with van der Waals surface area (Å²) >= 11 is 0. The van der Waals surface area contributed by atoms with Crippen molar-refractivity contribution in [3.05, 3.63) is 0 Å². The Hall–Kier alpha value is -1.30. The monoisotopic (exact) mass is 246 g/mol. The van der Waals surface area contributed by atoms with Gasteiger partial charge < -0.3 is 20.1 Å². The van der Waals surface area contributed by atoms with Crippen molar-refractivity contribution in [1.29, 1.82) is 0 Å². The highest BCUT2D eigenvalue weighted by Crippen LogP contribution is 2.00. The van der Waals surface area contributed by atoms with Crippen LogP contribution in [0.5, 0.6) is 0 Å². The summed E-state index contributed by atoms with van der Waals surface area (Å²) in [5.74, 6) is -0.920. The van der Waals surface area contributed by atoms with E-state index in [4.69, 9.17) is 9.84 Å². The van der Waals surface area contributed by atoms with E-state index in [1.807, 2.05) is 6.92 Å². The highest BCUT2D eigenvalue weighted by Gasteiger charge is 2.13. The molecule has 0 bridgehead atoms. The van der Waals surface area contributed by atoms with E-state index in [2.05, 4.69) is 5.32 Å².